The van der Waals surface area contributed by atoms with Gasteiger partial charge < -0.3 is 11.1 Å². The summed E-state index contributed by atoms with van der Waals surface area (Å²) in [6.45, 7) is 6.93. The topological polar surface area (TPSA) is 38.0 Å². The lowest BCUT2D eigenvalue weighted by Crippen LogP contribution is -2.29. The van der Waals surface area contributed by atoms with Gasteiger partial charge >= 0.3 is 0 Å². The van der Waals surface area contributed by atoms with Crippen molar-refractivity contribution in [3.05, 3.63) is 46.2 Å². The highest BCUT2D eigenvalue weighted by Crippen LogP contribution is 2.21. The molecule has 0 saturated heterocycles. The molecule has 0 aliphatic rings. The summed E-state index contributed by atoms with van der Waals surface area (Å²) in [5, 5.41) is 3.26. The average Bonchev–Trinajstić information content (AvgIpc) is 2.23. The molecule has 1 aromatic rings. The number of halogens is 2. The summed E-state index contributed by atoms with van der Waals surface area (Å²) >= 11 is 3.16. The van der Waals surface area contributed by atoms with Crippen LogP contribution >= 0.6 is 15.9 Å². The molecule has 1 unspecified atom stereocenters. The van der Waals surface area contributed by atoms with Gasteiger partial charge in [0, 0.05) is 19.1 Å². The van der Waals surface area contributed by atoms with Crippen LogP contribution in [0.3, 0.4) is 0 Å². The number of hydrogen-bond acceptors (Lipinski definition) is 2. The van der Waals surface area contributed by atoms with Crippen molar-refractivity contribution in [3.63, 3.8) is 0 Å². The van der Waals surface area contributed by atoms with Crippen LogP contribution in [0.4, 0.5) is 4.39 Å². The Kier molecular flexibility index (Phi) is 5.12. The first kappa shape index (κ1) is 13.4. The van der Waals surface area contributed by atoms with E-state index in [-0.39, 0.29) is 11.9 Å². The fraction of sp³-hybridized carbons (Fsp3) is 0.333. The van der Waals surface area contributed by atoms with E-state index in [0.29, 0.717) is 17.6 Å². The summed E-state index contributed by atoms with van der Waals surface area (Å²) in [6.07, 6.45) is 0. The SMILES string of the molecule is C=C(C)CNC(CN)c1ccc(F)c(Br)c1. The van der Waals surface area contributed by atoms with Gasteiger partial charge in [-0.1, -0.05) is 18.2 Å². The van der Waals surface area contributed by atoms with Crippen molar-refractivity contribution in [3.8, 4) is 0 Å². The third-order valence-electron chi connectivity index (χ3n) is 2.23. The molecule has 0 aliphatic carbocycles. The van der Waals surface area contributed by atoms with Crippen molar-refractivity contribution in [1.82, 2.24) is 5.32 Å². The molecule has 0 spiro atoms. The summed E-state index contributed by atoms with van der Waals surface area (Å²) in [5.74, 6) is -0.264. The molecule has 3 N–H and O–H groups in total. The van der Waals surface area contributed by atoms with Crippen molar-refractivity contribution in [2.75, 3.05) is 13.1 Å². The summed E-state index contributed by atoms with van der Waals surface area (Å²) in [6, 6.07) is 4.94. The van der Waals surface area contributed by atoms with Gasteiger partial charge in [0.25, 0.3) is 0 Å². The molecular weight excluding hydrogens is 271 g/mol. The zero-order valence-electron chi connectivity index (χ0n) is 9.26. The quantitative estimate of drug-likeness (QED) is 0.817. The Hall–Kier alpha value is -0.710. The molecule has 1 aromatic carbocycles. The smallest absolute Gasteiger partial charge is 0.137 e. The van der Waals surface area contributed by atoms with E-state index in [0.717, 1.165) is 11.1 Å². The lowest BCUT2D eigenvalue weighted by molar-refractivity contribution is 0.565. The van der Waals surface area contributed by atoms with Crippen molar-refractivity contribution >= 4 is 15.9 Å². The Bertz CT molecular complexity index is 379. The summed E-state index contributed by atoms with van der Waals surface area (Å²) in [7, 11) is 0. The molecule has 0 heterocycles. The average molecular weight is 287 g/mol. The van der Waals surface area contributed by atoms with Gasteiger partial charge in [0.05, 0.1) is 4.47 Å². The Labute approximate surface area is 104 Å². The normalized spacial score (nSPS) is 12.5. The molecule has 16 heavy (non-hydrogen) atoms. The number of nitrogens with one attached hydrogen (secondary N) is 1. The van der Waals surface area contributed by atoms with Crippen molar-refractivity contribution in [2.24, 2.45) is 5.73 Å². The van der Waals surface area contributed by atoms with Crippen LogP contribution in [0.2, 0.25) is 0 Å². The Morgan fingerprint density at radius 3 is 2.81 bits per heavy atom. The standard InChI is InChI=1S/C12H16BrFN2/c1-8(2)7-16-12(6-15)9-3-4-11(14)10(13)5-9/h3-5,12,16H,1,6-7,15H2,2H3. The minimum atomic E-state index is -0.264. The van der Waals surface area contributed by atoms with Crippen LogP contribution in [-0.2, 0) is 0 Å². The van der Waals surface area contributed by atoms with Gasteiger partial charge in [-0.25, -0.2) is 4.39 Å². The first-order chi connectivity index (χ1) is 7.54. The van der Waals surface area contributed by atoms with Gasteiger partial charge in [0.1, 0.15) is 5.82 Å². The highest BCUT2D eigenvalue weighted by atomic mass is 79.9. The first-order valence-electron chi connectivity index (χ1n) is 5.07. The van der Waals surface area contributed by atoms with Gasteiger partial charge in [0.15, 0.2) is 0 Å². The van der Waals surface area contributed by atoms with Gasteiger partial charge in [-0.15, -0.1) is 0 Å². The van der Waals surface area contributed by atoms with Crippen molar-refractivity contribution in [2.45, 2.75) is 13.0 Å². The number of hydrogen-bond donors (Lipinski definition) is 2. The van der Waals surface area contributed by atoms with E-state index < -0.39 is 0 Å². The van der Waals surface area contributed by atoms with E-state index in [1.165, 1.54) is 6.07 Å². The third kappa shape index (κ3) is 3.70. The maximum absolute atomic E-state index is 13.1. The third-order valence-corrected chi connectivity index (χ3v) is 2.84. The van der Waals surface area contributed by atoms with Crippen LogP contribution in [-0.4, -0.2) is 13.1 Å². The van der Waals surface area contributed by atoms with Gasteiger partial charge in [0.2, 0.25) is 0 Å². The molecule has 0 fully saturated rings. The maximum Gasteiger partial charge on any atom is 0.137 e. The molecule has 88 valence electrons. The molecule has 1 rings (SSSR count). The molecule has 2 nitrogen and oxygen atoms in total. The summed E-state index contributed by atoms with van der Waals surface area (Å²) < 4.78 is 13.5. The van der Waals surface area contributed by atoms with Crippen molar-refractivity contribution < 1.29 is 4.39 Å². The molecular formula is C12H16BrFN2. The van der Waals surface area contributed by atoms with Crippen LogP contribution in [0.15, 0.2) is 34.8 Å². The monoisotopic (exact) mass is 286 g/mol. The number of benzene rings is 1. The molecule has 4 heteroatoms. The number of rotatable bonds is 5. The fourth-order valence-corrected chi connectivity index (χ4v) is 1.76. The lowest BCUT2D eigenvalue weighted by atomic mass is 10.1. The molecule has 0 amide bonds. The minimum absolute atomic E-state index is 0.0219. The van der Waals surface area contributed by atoms with E-state index in [1.807, 2.05) is 6.92 Å². The first-order valence-corrected chi connectivity index (χ1v) is 5.86. The number of nitrogens with two attached hydrogens (primary N) is 1. The van der Waals surface area contributed by atoms with Crippen LogP contribution in [0, 0.1) is 5.82 Å². The predicted molar refractivity (Wildman–Crippen MR) is 68.7 cm³/mol. The second kappa shape index (κ2) is 6.13. The Morgan fingerprint density at radius 1 is 1.62 bits per heavy atom. The summed E-state index contributed by atoms with van der Waals surface area (Å²) in [4.78, 5) is 0. The highest BCUT2D eigenvalue weighted by Gasteiger charge is 2.10. The second-order valence-corrected chi connectivity index (χ2v) is 4.65. The van der Waals surface area contributed by atoms with Crippen LogP contribution < -0.4 is 11.1 Å². The van der Waals surface area contributed by atoms with E-state index in [1.54, 1.807) is 12.1 Å². The van der Waals surface area contributed by atoms with Crippen molar-refractivity contribution in [1.29, 1.82) is 0 Å². The maximum atomic E-state index is 13.1. The molecule has 0 aliphatic heterocycles. The molecule has 0 aromatic heterocycles. The van der Waals surface area contributed by atoms with E-state index in [2.05, 4.69) is 27.8 Å². The lowest BCUT2D eigenvalue weighted by Gasteiger charge is -2.17. The van der Waals surface area contributed by atoms with Crippen LogP contribution in [0.25, 0.3) is 0 Å². The second-order valence-electron chi connectivity index (χ2n) is 3.80. The molecule has 1 atom stereocenters. The van der Waals surface area contributed by atoms with Crippen LogP contribution in [0.1, 0.15) is 18.5 Å². The molecule has 0 bridgehead atoms. The predicted octanol–water partition coefficient (Wildman–Crippen LogP) is 2.75. The van der Waals surface area contributed by atoms with E-state index in [9.17, 15) is 4.39 Å². The van der Waals surface area contributed by atoms with E-state index >= 15 is 0 Å². The zero-order chi connectivity index (χ0) is 12.1. The van der Waals surface area contributed by atoms with E-state index in [4.69, 9.17) is 5.73 Å². The van der Waals surface area contributed by atoms with Gasteiger partial charge in [-0.3, -0.25) is 0 Å². The van der Waals surface area contributed by atoms with Gasteiger partial charge in [-0.2, -0.15) is 0 Å². The fourth-order valence-electron chi connectivity index (χ4n) is 1.36. The molecule has 0 saturated carbocycles. The minimum Gasteiger partial charge on any atom is -0.329 e. The highest BCUT2D eigenvalue weighted by molar-refractivity contribution is 9.10. The largest absolute Gasteiger partial charge is 0.329 e. The Balaban J connectivity index is 2.78. The Morgan fingerprint density at radius 2 is 2.31 bits per heavy atom. The summed E-state index contributed by atoms with van der Waals surface area (Å²) in [5.41, 5.74) is 7.69. The molecule has 0 radical (unpaired) electrons. The van der Waals surface area contributed by atoms with Gasteiger partial charge in [-0.05, 0) is 40.5 Å². The zero-order valence-corrected chi connectivity index (χ0v) is 10.8. The van der Waals surface area contributed by atoms with Crippen LogP contribution in [0.5, 0.6) is 0 Å².